The van der Waals surface area contributed by atoms with E-state index in [2.05, 4.69) is 5.32 Å². The van der Waals surface area contributed by atoms with Crippen molar-refractivity contribution in [2.75, 3.05) is 39.4 Å². The second-order valence-electron chi connectivity index (χ2n) is 16.7. The van der Waals surface area contributed by atoms with Crippen molar-refractivity contribution in [3.63, 3.8) is 0 Å². The molecule has 0 saturated carbocycles. The van der Waals surface area contributed by atoms with Crippen molar-refractivity contribution in [2.24, 2.45) is 0 Å². The van der Waals surface area contributed by atoms with Gasteiger partial charge in [-0.05, 0) is 55.9 Å². The largest absolute Gasteiger partial charge is 0.444 e. The molecule has 2 aliphatic rings. The van der Waals surface area contributed by atoms with Crippen molar-refractivity contribution in [1.82, 2.24) is 10.2 Å². The Balaban J connectivity index is 1.10. The first kappa shape index (κ1) is 46.2. The van der Waals surface area contributed by atoms with Crippen LogP contribution in [0.15, 0.2) is 109 Å². The number of nitrogens with one attached hydrogen (secondary N) is 1. The summed E-state index contributed by atoms with van der Waals surface area (Å²) in [6.45, 7) is 5.66. The molecule has 2 saturated heterocycles. The monoisotopic (exact) mass is 844 g/mol. The minimum absolute atomic E-state index is 0.118. The molecular weight excluding hydrogens is 785 g/mol. The number of aliphatic hydroxyl groups is 6. The van der Waals surface area contributed by atoms with E-state index in [1.54, 1.807) is 29.2 Å². The maximum atomic E-state index is 12.0. The van der Waals surface area contributed by atoms with Crippen LogP contribution in [-0.4, -0.2) is 135 Å². The molecule has 330 valence electrons. The zero-order valence-electron chi connectivity index (χ0n) is 34.9. The molecule has 0 aromatic heterocycles. The second kappa shape index (κ2) is 21.7. The van der Waals surface area contributed by atoms with Gasteiger partial charge in [0.15, 0.2) is 12.6 Å². The summed E-state index contributed by atoms with van der Waals surface area (Å²) in [4.78, 5) is 13.7. The lowest BCUT2D eigenvalue weighted by atomic mass is 9.99. The molecule has 1 amide bonds. The number of rotatable bonds is 17. The molecule has 6 rings (SSSR count). The molecule has 2 unspecified atom stereocenters. The molecule has 61 heavy (non-hydrogen) atoms. The van der Waals surface area contributed by atoms with Gasteiger partial charge in [0, 0.05) is 37.3 Å². The lowest BCUT2D eigenvalue weighted by Gasteiger charge is -2.40. The minimum atomic E-state index is -1.53. The third kappa shape index (κ3) is 13.4. The average molecular weight is 845 g/mol. The first-order valence-electron chi connectivity index (χ1n) is 20.8. The lowest BCUT2D eigenvalue weighted by molar-refractivity contribution is -0.285. The summed E-state index contributed by atoms with van der Waals surface area (Å²) in [6, 6.07) is 34.3. The van der Waals surface area contributed by atoms with Gasteiger partial charge < -0.3 is 59.6 Å². The number of hydrogen-bond donors (Lipinski definition) is 7. The molecule has 7 N–H and O–H groups in total. The topological polar surface area (TPSA) is 200 Å². The molecule has 0 bridgehead atoms. The lowest BCUT2D eigenvalue weighted by Crippen LogP contribution is -2.56. The first-order valence-corrected chi connectivity index (χ1v) is 20.8. The molecule has 0 radical (unpaired) electrons. The fraction of sp³-hybridized carbons (Fsp3) is 0.468. The van der Waals surface area contributed by atoms with Gasteiger partial charge in [-0.2, -0.15) is 0 Å². The van der Waals surface area contributed by atoms with E-state index in [4.69, 9.17) is 23.7 Å². The maximum Gasteiger partial charge on any atom is 0.407 e. The highest BCUT2D eigenvalue weighted by Gasteiger charge is 2.42. The smallest absolute Gasteiger partial charge is 0.407 e. The predicted octanol–water partition coefficient (Wildman–Crippen LogP) is 3.66. The van der Waals surface area contributed by atoms with Gasteiger partial charge in [0.1, 0.15) is 42.2 Å². The molecule has 14 nitrogen and oxygen atoms in total. The van der Waals surface area contributed by atoms with Crippen LogP contribution in [0.2, 0.25) is 0 Å². The predicted molar refractivity (Wildman–Crippen MR) is 226 cm³/mol. The molecule has 4 aromatic carbocycles. The van der Waals surface area contributed by atoms with Gasteiger partial charge in [-0.25, -0.2) is 4.79 Å². The Morgan fingerprint density at radius 3 is 1.52 bits per heavy atom. The summed E-state index contributed by atoms with van der Waals surface area (Å²) in [5.74, 6) is 0. The highest BCUT2D eigenvalue weighted by molar-refractivity contribution is 5.67. The van der Waals surface area contributed by atoms with Crippen molar-refractivity contribution in [2.45, 2.75) is 101 Å². The third-order valence-corrected chi connectivity index (χ3v) is 10.7. The summed E-state index contributed by atoms with van der Waals surface area (Å²) < 4.78 is 28.6. The number of carbonyl (C=O) groups excluding carboxylic acids is 1. The Morgan fingerprint density at radius 2 is 1.10 bits per heavy atom. The van der Waals surface area contributed by atoms with Crippen LogP contribution in [0.3, 0.4) is 0 Å². The Kier molecular flexibility index (Phi) is 16.4. The molecule has 4 aromatic rings. The van der Waals surface area contributed by atoms with Gasteiger partial charge in [0.2, 0.25) is 0 Å². The van der Waals surface area contributed by atoms with Crippen molar-refractivity contribution >= 4 is 6.09 Å². The highest BCUT2D eigenvalue weighted by atomic mass is 16.7. The van der Waals surface area contributed by atoms with Crippen molar-refractivity contribution in [1.29, 1.82) is 0 Å². The van der Waals surface area contributed by atoms with Gasteiger partial charge in [0.25, 0.3) is 0 Å². The van der Waals surface area contributed by atoms with Gasteiger partial charge >= 0.3 is 6.09 Å². The normalized spacial score (nSPS) is 24.1. The zero-order chi connectivity index (χ0) is 43.5. The Bertz CT molecular complexity index is 1840. The molecular formula is C47H60N2O12. The van der Waals surface area contributed by atoms with E-state index in [0.29, 0.717) is 37.1 Å². The summed E-state index contributed by atoms with van der Waals surface area (Å²) >= 11 is 0. The van der Waals surface area contributed by atoms with Crippen molar-refractivity contribution in [3.05, 3.63) is 131 Å². The van der Waals surface area contributed by atoms with Crippen LogP contribution in [0.1, 0.15) is 55.6 Å². The standard InChI is InChI=1S/C47H60N2O12/c1-47(2,3)61-46(56)48-24-22-30-14-18-32(19-15-30)33-20-16-31(17-21-33)23-25-49(26-36(50)40(54)42-38(52)28-57-44(59-42)34-10-6-4-7-11-34)27-37(51)41(55)43-39(53)29-58-45(60-43)35-12-8-5-9-13-35/h4-21,36-45,50-55H,22-29H2,1-3H3,(H,48,56)/t36-,37-,38+,39+,40+,41+,42+,43+,44?,45?/m0/s1. The van der Waals surface area contributed by atoms with Crippen molar-refractivity contribution in [3.8, 4) is 11.1 Å². The van der Waals surface area contributed by atoms with Crippen LogP contribution in [0.25, 0.3) is 11.1 Å². The quantitative estimate of drug-likeness (QED) is 0.0814. The molecule has 10 atom stereocenters. The molecule has 0 spiro atoms. The van der Waals surface area contributed by atoms with Crippen LogP contribution in [0.4, 0.5) is 4.79 Å². The van der Waals surface area contributed by atoms with Crippen LogP contribution in [0.5, 0.6) is 0 Å². The number of alkyl carbamates (subject to hydrolysis) is 1. The van der Waals surface area contributed by atoms with Crippen LogP contribution in [0, 0.1) is 0 Å². The van der Waals surface area contributed by atoms with E-state index in [-0.39, 0.29) is 26.3 Å². The molecule has 14 heteroatoms. The van der Waals surface area contributed by atoms with Gasteiger partial charge in [-0.1, -0.05) is 109 Å². The van der Waals surface area contributed by atoms with Gasteiger partial charge in [0.05, 0.1) is 25.4 Å². The number of hydrogen-bond acceptors (Lipinski definition) is 13. The van der Waals surface area contributed by atoms with Crippen LogP contribution >= 0.6 is 0 Å². The van der Waals surface area contributed by atoms with Gasteiger partial charge in [-0.15, -0.1) is 0 Å². The fourth-order valence-electron chi connectivity index (χ4n) is 7.37. The molecule has 2 heterocycles. The Morgan fingerprint density at radius 1 is 0.672 bits per heavy atom. The zero-order valence-corrected chi connectivity index (χ0v) is 34.9. The van der Waals surface area contributed by atoms with E-state index in [1.807, 2.05) is 106 Å². The summed E-state index contributed by atoms with van der Waals surface area (Å²) in [7, 11) is 0. The SMILES string of the molecule is CC(C)(C)OC(=O)NCCc1ccc(-c2ccc(CCN(C[C@H](O)[C@@H](O)[C@@H]3OC(c4ccccc4)OC[C@H]3O)C[C@H](O)[C@@H](O)[C@@H]3OC(c4ccccc4)OC[C@H]3O)cc2)cc1. The first-order chi connectivity index (χ1) is 29.2. The van der Waals surface area contributed by atoms with E-state index in [1.165, 1.54) is 0 Å². The van der Waals surface area contributed by atoms with E-state index in [9.17, 15) is 35.4 Å². The number of aliphatic hydroxyl groups excluding tert-OH is 6. The Labute approximate surface area is 357 Å². The summed E-state index contributed by atoms with van der Waals surface area (Å²) in [5.41, 5.74) is 4.89. The third-order valence-electron chi connectivity index (χ3n) is 10.7. The van der Waals surface area contributed by atoms with E-state index in [0.717, 1.165) is 22.3 Å². The van der Waals surface area contributed by atoms with Crippen LogP contribution in [-0.2, 0) is 36.5 Å². The van der Waals surface area contributed by atoms with Crippen molar-refractivity contribution < 1.29 is 59.1 Å². The maximum absolute atomic E-state index is 12.0. The second-order valence-corrected chi connectivity index (χ2v) is 16.7. The van der Waals surface area contributed by atoms with E-state index < -0.39 is 73.1 Å². The number of amides is 1. The van der Waals surface area contributed by atoms with E-state index >= 15 is 0 Å². The molecule has 2 aliphatic heterocycles. The number of nitrogens with zero attached hydrogens (tertiary/aromatic N) is 1. The number of benzene rings is 4. The highest BCUT2D eigenvalue weighted by Crippen LogP contribution is 2.31. The summed E-state index contributed by atoms with van der Waals surface area (Å²) in [5, 5.41) is 69.9. The number of carbonyl (C=O) groups is 1. The molecule has 2 fully saturated rings. The number of ether oxygens (including phenoxy) is 5. The fourth-order valence-corrected chi connectivity index (χ4v) is 7.37. The Hall–Kier alpha value is -4.29. The van der Waals surface area contributed by atoms with Gasteiger partial charge in [-0.3, -0.25) is 4.90 Å². The summed E-state index contributed by atoms with van der Waals surface area (Å²) in [6.07, 6.45) is -11.8. The average Bonchev–Trinajstić information content (AvgIpc) is 3.25. The molecule has 0 aliphatic carbocycles. The van der Waals surface area contributed by atoms with Crippen LogP contribution < -0.4 is 5.32 Å². The minimum Gasteiger partial charge on any atom is -0.444 e.